The van der Waals surface area contributed by atoms with Gasteiger partial charge >= 0.3 is 5.97 Å². The normalized spacial score (nSPS) is 16.4. The van der Waals surface area contributed by atoms with E-state index in [1.165, 1.54) is 6.26 Å². The van der Waals surface area contributed by atoms with Crippen LogP contribution in [0.3, 0.4) is 0 Å². The lowest BCUT2D eigenvalue weighted by Crippen LogP contribution is -2.38. The summed E-state index contributed by atoms with van der Waals surface area (Å²) < 4.78 is 10.2. The summed E-state index contributed by atoms with van der Waals surface area (Å²) in [5.41, 5.74) is 0. The zero-order chi connectivity index (χ0) is 13.2. The summed E-state index contributed by atoms with van der Waals surface area (Å²) in [7, 11) is 0. The number of carboxylic acid groups (broad SMARTS) is 1. The minimum Gasteiger partial charge on any atom is -0.480 e. The first-order chi connectivity index (χ1) is 9.24. The third kappa shape index (κ3) is 2.65. The first-order valence-electron chi connectivity index (χ1n) is 6.06. The highest BCUT2D eigenvalue weighted by atomic mass is 16.5. The lowest BCUT2D eigenvalue weighted by Gasteiger charge is -2.11. The molecule has 2 N–H and O–H groups in total. The van der Waals surface area contributed by atoms with E-state index in [4.69, 9.17) is 14.0 Å². The number of hydrogen-bond acceptors (Lipinski definition) is 6. The van der Waals surface area contributed by atoms with E-state index < -0.39 is 12.0 Å². The Bertz CT molecular complexity index is 559. The molecule has 7 nitrogen and oxygen atoms in total. The van der Waals surface area contributed by atoms with Gasteiger partial charge in [-0.3, -0.25) is 10.1 Å². The van der Waals surface area contributed by atoms with Crippen LogP contribution in [0.4, 0.5) is 0 Å². The largest absolute Gasteiger partial charge is 0.480 e. The molecule has 1 saturated carbocycles. The smallest absolute Gasteiger partial charge is 0.320 e. The van der Waals surface area contributed by atoms with Gasteiger partial charge in [0, 0.05) is 0 Å². The summed E-state index contributed by atoms with van der Waals surface area (Å²) in [6.45, 7) is 0.262. The van der Waals surface area contributed by atoms with Crippen LogP contribution in [0.25, 0.3) is 11.7 Å². The van der Waals surface area contributed by atoms with E-state index in [1.807, 2.05) is 0 Å². The maximum Gasteiger partial charge on any atom is 0.320 e. The summed E-state index contributed by atoms with van der Waals surface area (Å²) >= 11 is 0. The standard InChI is InChI=1S/C12H13N3O4/c16-12(17)10(7-3-4-7)13-6-9-14-11(19-15-9)8-2-1-5-18-8/h1-2,5,7,10,13H,3-4,6H2,(H,16,17). The molecule has 0 spiro atoms. The predicted molar refractivity (Wildman–Crippen MR) is 63.0 cm³/mol. The van der Waals surface area contributed by atoms with Gasteiger partial charge in [0.1, 0.15) is 6.04 Å². The number of aromatic nitrogens is 2. The zero-order valence-electron chi connectivity index (χ0n) is 10.1. The molecule has 100 valence electrons. The quantitative estimate of drug-likeness (QED) is 0.809. The van der Waals surface area contributed by atoms with Crippen LogP contribution in [0.15, 0.2) is 27.3 Å². The van der Waals surface area contributed by atoms with E-state index in [-0.39, 0.29) is 12.5 Å². The Morgan fingerprint density at radius 3 is 3.05 bits per heavy atom. The van der Waals surface area contributed by atoms with Crippen molar-refractivity contribution in [2.75, 3.05) is 0 Å². The number of nitrogens with one attached hydrogen (secondary N) is 1. The Balaban J connectivity index is 1.62. The second-order valence-electron chi connectivity index (χ2n) is 4.53. The van der Waals surface area contributed by atoms with E-state index in [2.05, 4.69) is 15.5 Å². The molecule has 2 aromatic rings. The van der Waals surface area contributed by atoms with Crippen LogP contribution in [0.2, 0.25) is 0 Å². The molecule has 3 rings (SSSR count). The van der Waals surface area contributed by atoms with Crippen LogP contribution in [0.1, 0.15) is 18.7 Å². The maximum absolute atomic E-state index is 11.1. The second kappa shape index (κ2) is 4.85. The molecule has 0 aliphatic heterocycles. The van der Waals surface area contributed by atoms with E-state index in [9.17, 15) is 4.79 Å². The molecule has 1 aliphatic carbocycles. The van der Waals surface area contributed by atoms with Gasteiger partial charge in [0.05, 0.1) is 12.8 Å². The molecule has 1 atom stereocenters. The van der Waals surface area contributed by atoms with Gasteiger partial charge in [-0.1, -0.05) is 5.16 Å². The van der Waals surface area contributed by atoms with E-state index in [0.717, 1.165) is 12.8 Å². The van der Waals surface area contributed by atoms with Crippen LogP contribution in [0.5, 0.6) is 0 Å². The lowest BCUT2D eigenvalue weighted by atomic mass is 10.2. The summed E-state index contributed by atoms with van der Waals surface area (Å²) in [6, 6.07) is 2.91. The Labute approximate surface area is 108 Å². The third-order valence-corrected chi connectivity index (χ3v) is 3.04. The number of furan rings is 1. The van der Waals surface area contributed by atoms with Gasteiger partial charge in [0.2, 0.25) is 0 Å². The Kier molecular flexibility index (Phi) is 3.04. The molecular weight excluding hydrogens is 250 g/mol. The lowest BCUT2D eigenvalue weighted by molar-refractivity contribution is -0.140. The number of carbonyl (C=O) groups is 1. The number of carboxylic acids is 1. The summed E-state index contributed by atoms with van der Waals surface area (Å²) in [6.07, 6.45) is 3.42. The van der Waals surface area contributed by atoms with Gasteiger partial charge < -0.3 is 14.0 Å². The monoisotopic (exact) mass is 263 g/mol. The van der Waals surface area contributed by atoms with Crippen molar-refractivity contribution in [3.05, 3.63) is 24.2 Å². The predicted octanol–water partition coefficient (Wildman–Crippen LogP) is 1.28. The molecule has 0 aromatic carbocycles. The van der Waals surface area contributed by atoms with Crippen molar-refractivity contribution in [2.45, 2.75) is 25.4 Å². The van der Waals surface area contributed by atoms with Gasteiger partial charge in [0.25, 0.3) is 5.89 Å². The van der Waals surface area contributed by atoms with Crippen LogP contribution in [-0.4, -0.2) is 27.3 Å². The van der Waals surface area contributed by atoms with Crippen molar-refractivity contribution in [3.8, 4) is 11.7 Å². The minimum atomic E-state index is -0.836. The number of nitrogens with zero attached hydrogens (tertiary/aromatic N) is 2. The molecule has 7 heteroatoms. The highest BCUT2D eigenvalue weighted by Gasteiger charge is 2.36. The molecule has 0 amide bonds. The van der Waals surface area contributed by atoms with Gasteiger partial charge in [-0.05, 0) is 30.9 Å². The summed E-state index contributed by atoms with van der Waals surface area (Å²) in [5.74, 6) is 0.584. The number of aliphatic carboxylic acids is 1. The fourth-order valence-electron chi connectivity index (χ4n) is 1.91. The van der Waals surface area contributed by atoms with Crippen LogP contribution < -0.4 is 5.32 Å². The fraction of sp³-hybridized carbons (Fsp3) is 0.417. The van der Waals surface area contributed by atoms with Crippen molar-refractivity contribution < 1.29 is 18.8 Å². The Hall–Kier alpha value is -2.15. The molecule has 1 aliphatic rings. The maximum atomic E-state index is 11.1. The van der Waals surface area contributed by atoms with Crippen molar-refractivity contribution in [1.29, 1.82) is 0 Å². The van der Waals surface area contributed by atoms with Crippen LogP contribution in [-0.2, 0) is 11.3 Å². The van der Waals surface area contributed by atoms with Gasteiger partial charge in [0.15, 0.2) is 11.6 Å². The molecule has 0 bridgehead atoms. The van der Waals surface area contributed by atoms with Crippen molar-refractivity contribution in [2.24, 2.45) is 5.92 Å². The highest BCUT2D eigenvalue weighted by Crippen LogP contribution is 2.32. The van der Waals surface area contributed by atoms with Gasteiger partial charge in [-0.25, -0.2) is 0 Å². The fourth-order valence-corrected chi connectivity index (χ4v) is 1.91. The van der Waals surface area contributed by atoms with Crippen molar-refractivity contribution >= 4 is 5.97 Å². The molecule has 1 unspecified atom stereocenters. The topological polar surface area (TPSA) is 101 Å². The van der Waals surface area contributed by atoms with E-state index in [0.29, 0.717) is 17.5 Å². The molecule has 0 saturated heterocycles. The van der Waals surface area contributed by atoms with Crippen LogP contribution in [0, 0.1) is 5.92 Å². The Morgan fingerprint density at radius 1 is 1.58 bits per heavy atom. The van der Waals surface area contributed by atoms with E-state index in [1.54, 1.807) is 12.1 Å². The highest BCUT2D eigenvalue weighted by molar-refractivity contribution is 5.74. The zero-order valence-corrected chi connectivity index (χ0v) is 10.1. The molecular formula is C12H13N3O4. The molecule has 2 heterocycles. The molecule has 0 radical (unpaired) electrons. The molecule has 1 fully saturated rings. The second-order valence-corrected chi connectivity index (χ2v) is 4.53. The van der Waals surface area contributed by atoms with E-state index >= 15 is 0 Å². The average molecular weight is 263 g/mol. The average Bonchev–Trinajstić information content (AvgIpc) is 2.92. The van der Waals surface area contributed by atoms with Gasteiger partial charge in [-0.2, -0.15) is 4.98 Å². The molecule has 2 aromatic heterocycles. The summed E-state index contributed by atoms with van der Waals surface area (Å²) in [5, 5.41) is 15.8. The minimum absolute atomic E-state index is 0.217. The SMILES string of the molecule is O=C(O)C(NCc1noc(-c2ccco2)n1)C1CC1. The third-order valence-electron chi connectivity index (χ3n) is 3.04. The first kappa shape index (κ1) is 11.9. The van der Waals surface area contributed by atoms with Crippen LogP contribution >= 0.6 is 0 Å². The number of rotatable bonds is 6. The van der Waals surface area contributed by atoms with Gasteiger partial charge in [-0.15, -0.1) is 0 Å². The van der Waals surface area contributed by atoms with Crippen molar-refractivity contribution in [3.63, 3.8) is 0 Å². The van der Waals surface area contributed by atoms with Crippen molar-refractivity contribution in [1.82, 2.24) is 15.5 Å². The first-order valence-corrected chi connectivity index (χ1v) is 6.06. The molecule has 19 heavy (non-hydrogen) atoms. The Morgan fingerprint density at radius 2 is 2.42 bits per heavy atom. The number of hydrogen-bond donors (Lipinski definition) is 2. The summed E-state index contributed by atoms with van der Waals surface area (Å²) in [4.78, 5) is 15.2.